The van der Waals surface area contributed by atoms with E-state index in [1.165, 1.54) is 6.92 Å². The highest BCUT2D eigenvalue weighted by molar-refractivity contribution is 5.07. The molecule has 0 heterocycles. The Morgan fingerprint density at radius 1 is 0.567 bits per heavy atom. The summed E-state index contributed by atoms with van der Waals surface area (Å²) in [5.41, 5.74) is -8.27. The molecule has 2 rings (SSSR count). The average molecular weight is 466 g/mol. The third kappa shape index (κ3) is 3.67. The molecular weight excluding hydrogens is 444 g/mol. The van der Waals surface area contributed by atoms with Gasteiger partial charge in [-0.3, -0.25) is 0 Å². The molecule has 0 aromatic carbocycles. The molecule has 0 radical (unpaired) electrons. The van der Waals surface area contributed by atoms with Gasteiger partial charge < -0.3 is 0 Å². The van der Waals surface area contributed by atoms with Gasteiger partial charge in [0, 0.05) is 0 Å². The summed E-state index contributed by atoms with van der Waals surface area (Å²) in [7, 11) is 0. The van der Waals surface area contributed by atoms with Crippen LogP contribution >= 0.6 is 0 Å². The molecule has 2 aliphatic rings. The molecule has 0 spiro atoms. The highest BCUT2D eigenvalue weighted by atomic mass is 19.4. The minimum Gasteiger partial charge on any atom is -0.170 e. The van der Waals surface area contributed by atoms with E-state index < -0.39 is 91.3 Å². The normalized spacial score (nSPS) is 33.4. The third-order valence-corrected chi connectivity index (χ3v) is 7.32. The molecule has 0 aromatic rings. The maximum Gasteiger partial charge on any atom is 0.403 e. The van der Waals surface area contributed by atoms with Crippen molar-refractivity contribution in [3.05, 3.63) is 0 Å². The molecule has 0 saturated heterocycles. The van der Waals surface area contributed by atoms with E-state index in [9.17, 15) is 52.7 Å². The van der Waals surface area contributed by atoms with Crippen LogP contribution < -0.4 is 0 Å². The quantitative estimate of drug-likeness (QED) is 0.343. The van der Waals surface area contributed by atoms with Crippen molar-refractivity contribution in [1.29, 1.82) is 0 Å². The van der Waals surface area contributed by atoms with Gasteiger partial charge in [0.15, 0.2) is 10.8 Å². The second-order valence-corrected chi connectivity index (χ2v) is 8.86. The lowest BCUT2D eigenvalue weighted by atomic mass is 9.52. The average Bonchev–Trinajstić information content (AvgIpc) is 2.49. The highest BCUT2D eigenvalue weighted by Gasteiger charge is 2.77. The van der Waals surface area contributed by atoms with Gasteiger partial charge in [-0.05, 0) is 62.2 Å². The zero-order chi connectivity index (χ0) is 23.6. The number of halogens is 12. The fourth-order valence-corrected chi connectivity index (χ4v) is 5.67. The van der Waals surface area contributed by atoms with E-state index in [1.807, 2.05) is 0 Å². The lowest BCUT2D eigenvalue weighted by molar-refractivity contribution is -0.385. The van der Waals surface area contributed by atoms with Crippen LogP contribution in [0.5, 0.6) is 0 Å². The van der Waals surface area contributed by atoms with Crippen molar-refractivity contribution in [1.82, 2.24) is 0 Å². The topological polar surface area (TPSA) is 0 Å². The standard InChI is InChI=1S/C18H22F12/c1-9-3-5-14(17(25,26)27,18(28,29)30)12(7-9)11-4-6-13(10(2)8-11,15(19,20)21)16(22,23)24/h9-12H,3-8H2,1-2H3/t9-,10-,11?,12?/m1/s1. The largest absolute Gasteiger partial charge is 0.403 e. The first-order valence-corrected chi connectivity index (χ1v) is 9.49. The minimum atomic E-state index is -5.72. The first-order chi connectivity index (χ1) is 13.2. The van der Waals surface area contributed by atoms with Crippen LogP contribution in [0.3, 0.4) is 0 Å². The van der Waals surface area contributed by atoms with Crippen LogP contribution in [0.2, 0.25) is 0 Å². The van der Waals surface area contributed by atoms with Crippen molar-refractivity contribution in [3.63, 3.8) is 0 Å². The first kappa shape index (κ1) is 25.4. The maximum absolute atomic E-state index is 13.8. The van der Waals surface area contributed by atoms with Crippen molar-refractivity contribution in [3.8, 4) is 0 Å². The number of rotatable bonds is 1. The van der Waals surface area contributed by atoms with Gasteiger partial charge in [0.1, 0.15) is 0 Å². The Morgan fingerprint density at radius 2 is 0.967 bits per heavy atom. The van der Waals surface area contributed by atoms with E-state index in [0.29, 0.717) is 6.92 Å². The van der Waals surface area contributed by atoms with E-state index >= 15 is 0 Å². The molecule has 2 fully saturated rings. The van der Waals surface area contributed by atoms with Crippen LogP contribution in [0, 0.1) is 34.5 Å². The number of hydrogen-bond donors (Lipinski definition) is 0. The monoisotopic (exact) mass is 466 g/mol. The molecule has 178 valence electrons. The summed E-state index contributed by atoms with van der Waals surface area (Å²) in [5, 5.41) is 0. The Bertz CT molecular complexity index is 581. The second kappa shape index (κ2) is 7.35. The minimum absolute atomic E-state index is 0.382. The fraction of sp³-hybridized carbons (Fsp3) is 1.00. The molecule has 2 unspecified atom stereocenters. The van der Waals surface area contributed by atoms with E-state index in [1.54, 1.807) is 0 Å². The molecule has 2 saturated carbocycles. The molecule has 30 heavy (non-hydrogen) atoms. The molecule has 0 aliphatic heterocycles. The Labute approximate surface area is 165 Å². The first-order valence-electron chi connectivity index (χ1n) is 9.49. The van der Waals surface area contributed by atoms with Gasteiger partial charge in [0.25, 0.3) is 0 Å². The third-order valence-electron chi connectivity index (χ3n) is 7.32. The molecule has 12 heteroatoms. The lowest BCUT2D eigenvalue weighted by Gasteiger charge is -2.54. The number of hydrogen-bond acceptors (Lipinski definition) is 0. The van der Waals surface area contributed by atoms with Gasteiger partial charge in [0.2, 0.25) is 0 Å². The zero-order valence-electron chi connectivity index (χ0n) is 16.1. The molecular formula is C18H22F12. The smallest absolute Gasteiger partial charge is 0.170 e. The van der Waals surface area contributed by atoms with Crippen LogP contribution in [0.15, 0.2) is 0 Å². The predicted molar refractivity (Wildman–Crippen MR) is 82.1 cm³/mol. The molecule has 0 N–H and O–H groups in total. The Balaban J connectivity index is 2.50. The highest BCUT2D eigenvalue weighted by Crippen LogP contribution is 2.68. The summed E-state index contributed by atoms with van der Waals surface area (Å²) in [4.78, 5) is 0. The summed E-state index contributed by atoms with van der Waals surface area (Å²) >= 11 is 0. The van der Waals surface area contributed by atoms with Crippen LogP contribution in [-0.2, 0) is 0 Å². The Morgan fingerprint density at radius 3 is 1.33 bits per heavy atom. The molecule has 2 aliphatic carbocycles. The maximum atomic E-state index is 13.8. The van der Waals surface area contributed by atoms with E-state index in [2.05, 4.69) is 0 Å². The van der Waals surface area contributed by atoms with E-state index in [-0.39, 0.29) is 6.42 Å². The second-order valence-electron chi connectivity index (χ2n) is 8.86. The van der Waals surface area contributed by atoms with E-state index in [0.717, 1.165) is 0 Å². The van der Waals surface area contributed by atoms with Crippen LogP contribution in [-0.4, -0.2) is 24.7 Å². The molecule has 0 nitrogen and oxygen atoms in total. The van der Waals surface area contributed by atoms with Crippen molar-refractivity contribution in [2.24, 2.45) is 34.5 Å². The Kier molecular flexibility index (Phi) is 6.23. The summed E-state index contributed by atoms with van der Waals surface area (Å²) in [5.74, 6) is -6.43. The summed E-state index contributed by atoms with van der Waals surface area (Å²) in [6, 6.07) is 0. The summed E-state index contributed by atoms with van der Waals surface area (Å²) < 4.78 is 163. The Hall–Kier alpha value is -0.840. The van der Waals surface area contributed by atoms with Crippen molar-refractivity contribution in [2.45, 2.75) is 77.1 Å². The van der Waals surface area contributed by atoms with Gasteiger partial charge >= 0.3 is 24.7 Å². The van der Waals surface area contributed by atoms with Gasteiger partial charge in [0.05, 0.1) is 0 Å². The van der Waals surface area contributed by atoms with Gasteiger partial charge in [-0.15, -0.1) is 0 Å². The fourth-order valence-electron chi connectivity index (χ4n) is 5.67. The SMILES string of the molecule is C[C@@H]1CCC(C(F)(F)F)(C(F)(F)F)C(C2CCC(C(F)(F)F)(C(F)(F)F)[C@H](C)C2)C1. The summed E-state index contributed by atoms with van der Waals surface area (Å²) in [6.07, 6.45) is -28.7. The van der Waals surface area contributed by atoms with Crippen LogP contribution in [0.1, 0.15) is 52.4 Å². The molecule has 0 bridgehead atoms. The number of alkyl halides is 12. The van der Waals surface area contributed by atoms with Gasteiger partial charge in [-0.25, -0.2) is 0 Å². The molecule has 0 aromatic heterocycles. The van der Waals surface area contributed by atoms with E-state index in [4.69, 9.17) is 0 Å². The van der Waals surface area contributed by atoms with Gasteiger partial charge in [-0.1, -0.05) is 13.8 Å². The van der Waals surface area contributed by atoms with Crippen LogP contribution in [0.4, 0.5) is 52.7 Å². The predicted octanol–water partition coefficient (Wildman–Crippen LogP) is 8.08. The summed E-state index contributed by atoms with van der Waals surface area (Å²) in [6.45, 7) is 2.05. The zero-order valence-corrected chi connectivity index (χ0v) is 16.1. The molecule has 4 atom stereocenters. The van der Waals surface area contributed by atoms with Crippen molar-refractivity contribution in [2.75, 3.05) is 0 Å². The van der Waals surface area contributed by atoms with Crippen LogP contribution in [0.25, 0.3) is 0 Å². The van der Waals surface area contributed by atoms with Gasteiger partial charge in [-0.2, -0.15) is 52.7 Å². The van der Waals surface area contributed by atoms with Crippen molar-refractivity contribution >= 4 is 0 Å². The molecule has 0 amide bonds. The lowest BCUT2D eigenvalue weighted by Crippen LogP contribution is -2.61. The van der Waals surface area contributed by atoms with Crippen molar-refractivity contribution < 1.29 is 52.7 Å².